The Morgan fingerprint density at radius 3 is 2.50 bits per heavy atom. The fourth-order valence-corrected chi connectivity index (χ4v) is 1.64. The first-order chi connectivity index (χ1) is 6.61. The molecule has 1 fully saturated rings. The summed E-state index contributed by atoms with van der Waals surface area (Å²) in [6.07, 6.45) is 4.99. The van der Waals surface area contributed by atoms with Crippen LogP contribution in [0.1, 0.15) is 32.6 Å². The molecular weight excluding hydrogens is 180 g/mol. The SMILES string of the molecule is CC(NOC1CCCC1)C(=O)N(C)C. The van der Waals surface area contributed by atoms with Gasteiger partial charge in [-0.3, -0.25) is 9.63 Å². The van der Waals surface area contributed by atoms with Crippen LogP contribution in [0.4, 0.5) is 0 Å². The van der Waals surface area contributed by atoms with Gasteiger partial charge in [0, 0.05) is 14.1 Å². The zero-order chi connectivity index (χ0) is 10.6. The topological polar surface area (TPSA) is 41.6 Å². The lowest BCUT2D eigenvalue weighted by molar-refractivity contribution is -0.136. The normalized spacial score (nSPS) is 19.6. The number of carbonyl (C=O) groups is 1. The Labute approximate surface area is 85.6 Å². The molecule has 0 aromatic heterocycles. The minimum atomic E-state index is -0.259. The number of nitrogens with zero attached hydrogens (tertiary/aromatic N) is 1. The first kappa shape index (κ1) is 11.5. The van der Waals surface area contributed by atoms with E-state index >= 15 is 0 Å². The highest BCUT2D eigenvalue weighted by molar-refractivity contribution is 5.80. The van der Waals surface area contributed by atoms with E-state index in [4.69, 9.17) is 4.84 Å². The van der Waals surface area contributed by atoms with E-state index in [0.717, 1.165) is 12.8 Å². The third-order valence-corrected chi connectivity index (χ3v) is 2.52. The Kier molecular flexibility index (Phi) is 4.35. The van der Waals surface area contributed by atoms with Gasteiger partial charge in [-0.2, -0.15) is 5.48 Å². The summed E-state index contributed by atoms with van der Waals surface area (Å²) in [6, 6.07) is -0.259. The number of amides is 1. The van der Waals surface area contributed by atoms with Crippen molar-refractivity contribution in [1.82, 2.24) is 10.4 Å². The van der Waals surface area contributed by atoms with Gasteiger partial charge in [0.2, 0.25) is 5.91 Å². The van der Waals surface area contributed by atoms with Gasteiger partial charge in [-0.1, -0.05) is 12.8 Å². The fourth-order valence-electron chi connectivity index (χ4n) is 1.64. The molecule has 0 aliphatic heterocycles. The molecule has 0 bridgehead atoms. The summed E-state index contributed by atoms with van der Waals surface area (Å²) < 4.78 is 0. The molecule has 82 valence electrons. The van der Waals surface area contributed by atoms with E-state index in [1.807, 2.05) is 6.92 Å². The molecule has 0 spiro atoms. The maximum atomic E-state index is 11.4. The molecule has 0 aromatic carbocycles. The number of likely N-dealkylation sites (N-methyl/N-ethyl adjacent to an activating group) is 1. The summed E-state index contributed by atoms with van der Waals surface area (Å²) in [5.74, 6) is 0.0444. The molecule has 1 unspecified atom stereocenters. The van der Waals surface area contributed by atoms with Gasteiger partial charge in [-0.25, -0.2) is 0 Å². The molecule has 1 saturated carbocycles. The Balaban J connectivity index is 2.19. The summed E-state index contributed by atoms with van der Waals surface area (Å²) in [7, 11) is 3.49. The summed E-state index contributed by atoms with van der Waals surface area (Å²) >= 11 is 0. The van der Waals surface area contributed by atoms with E-state index < -0.39 is 0 Å². The Bertz CT molecular complexity index is 189. The van der Waals surface area contributed by atoms with Gasteiger partial charge in [0.05, 0.1) is 6.10 Å². The van der Waals surface area contributed by atoms with Crippen LogP contribution in [-0.2, 0) is 9.63 Å². The molecule has 1 amide bonds. The maximum absolute atomic E-state index is 11.4. The third kappa shape index (κ3) is 3.27. The predicted octanol–water partition coefficient (Wildman–Crippen LogP) is 0.927. The Morgan fingerprint density at radius 1 is 1.43 bits per heavy atom. The molecule has 0 heterocycles. The molecule has 0 saturated heterocycles. The monoisotopic (exact) mass is 200 g/mol. The molecule has 1 N–H and O–H groups in total. The van der Waals surface area contributed by atoms with Gasteiger partial charge in [-0.05, 0) is 19.8 Å². The molecule has 14 heavy (non-hydrogen) atoms. The second-order valence-electron chi connectivity index (χ2n) is 4.10. The van der Waals surface area contributed by atoms with Crippen molar-refractivity contribution in [2.24, 2.45) is 0 Å². The lowest BCUT2D eigenvalue weighted by Gasteiger charge is -2.19. The Morgan fingerprint density at radius 2 is 2.00 bits per heavy atom. The van der Waals surface area contributed by atoms with E-state index in [1.54, 1.807) is 19.0 Å². The number of carbonyl (C=O) groups excluding carboxylic acids is 1. The summed E-state index contributed by atoms with van der Waals surface area (Å²) in [5.41, 5.74) is 2.81. The van der Waals surface area contributed by atoms with Gasteiger partial charge >= 0.3 is 0 Å². The van der Waals surface area contributed by atoms with Crippen molar-refractivity contribution in [2.45, 2.75) is 44.8 Å². The van der Waals surface area contributed by atoms with Crippen molar-refractivity contribution in [1.29, 1.82) is 0 Å². The van der Waals surface area contributed by atoms with Gasteiger partial charge in [-0.15, -0.1) is 0 Å². The summed E-state index contributed by atoms with van der Waals surface area (Å²) in [4.78, 5) is 18.4. The number of hydrogen-bond donors (Lipinski definition) is 1. The molecule has 0 aromatic rings. The van der Waals surface area contributed by atoms with Crippen LogP contribution in [0.2, 0.25) is 0 Å². The average Bonchev–Trinajstić information content (AvgIpc) is 2.65. The highest BCUT2D eigenvalue weighted by atomic mass is 16.7. The zero-order valence-corrected chi connectivity index (χ0v) is 9.25. The molecular formula is C10H20N2O2. The molecule has 4 heteroatoms. The molecule has 1 rings (SSSR count). The number of hydroxylamine groups is 1. The van der Waals surface area contributed by atoms with E-state index in [-0.39, 0.29) is 11.9 Å². The average molecular weight is 200 g/mol. The molecule has 0 radical (unpaired) electrons. The standard InChI is InChI=1S/C10H20N2O2/c1-8(10(13)12(2)3)11-14-9-6-4-5-7-9/h8-9,11H,4-7H2,1-3H3. The predicted molar refractivity (Wildman–Crippen MR) is 54.6 cm³/mol. The van der Waals surface area contributed by atoms with Crippen molar-refractivity contribution in [3.8, 4) is 0 Å². The maximum Gasteiger partial charge on any atom is 0.241 e. The minimum Gasteiger partial charge on any atom is -0.347 e. The van der Waals surface area contributed by atoms with Crippen LogP contribution in [0.25, 0.3) is 0 Å². The first-order valence-electron chi connectivity index (χ1n) is 5.23. The van der Waals surface area contributed by atoms with Gasteiger partial charge in [0.15, 0.2) is 0 Å². The van der Waals surface area contributed by atoms with Crippen LogP contribution in [0.5, 0.6) is 0 Å². The van der Waals surface area contributed by atoms with E-state index in [9.17, 15) is 4.79 Å². The summed E-state index contributed by atoms with van der Waals surface area (Å²) in [6.45, 7) is 1.82. The lowest BCUT2D eigenvalue weighted by Crippen LogP contribution is -2.42. The van der Waals surface area contributed by atoms with Crippen LogP contribution in [-0.4, -0.2) is 37.0 Å². The summed E-state index contributed by atoms with van der Waals surface area (Å²) in [5, 5.41) is 0. The minimum absolute atomic E-state index is 0.0444. The van der Waals surface area contributed by atoms with E-state index in [0.29, 0.717) is 6.10 Å². The van der Waals surface area contributed by atoms with Crippen LogP contribution >= 0.6 is 0 Å². The second kappa shape index (κ2) is 5.32. The third-order valence-electron chi connectivity index (χ3n) is 2.52. The smallest absolute Gasteiger partial charge is 0.241 e. The van der Waals surface area contributed by atoms with Crippen LogP contribution < -0.4 is 5.48 Å². The number of rotatable bonds is 4. The van der Waals surface area contributed by atoms with Crippen LogP contribution in [0.15, 0.2) is 0 Å². The van der Waals surface area contributed by atoms with Crippen molar-refractivity contribution in [2.75, 3.05) is 14.1 Å². The van der Waals surface area contributed by atoms with Gasteiger partial charge in [0.1, 0.15) is 6.04 Å². The van der Waals surface area contributed by atoms with E-state index in [2.05, 4.69) is 5.48 Å². The quantitative estimate of drug-likeness (QED) is 0.686. The second-order valence-corrected chi connectivity index (χ2v) is 4.10. The largest absolute Gasteiger partial charge is 0.347 e. The van der Waals surface area contributed by atoms with Crippen molar-refractivity contribution < 1.29 is 9.63 Å². The van der Waals surface area contributed by atoms with Crippen molar-refractivity contribution >= 4 is 5.91 Å². The zero-order valence-electron chi connectivity index (χ0n) is 9.25. The van der Waals surface area contributed by atoms with Gasteiger partial charge in [0.25, 0.3) is 0 Å². The molecule has 4 nitrogen and oxygen atoms in total. The lowest BCUT2D eigenvalue weighted by atomic mass is 10.3. The van der Waals surface area contributed by atoms with Crippen molar-refractivity contribution in [3.05, 3.63) is 0 Å². The number of hydrogen-bond acceptors (Lipinski definition) is 3. The highest BCUT2D eigenvalue weighted by Crippen LogP contribution is 2.19. The van der Waals surface area contributed by atoms with Gasteiger partial charge < -0.3 is 4.90 Å². The fraction of sp³-hybridized carbons (Fsp3) is 0.900. The molecule has 1 atom stereocenters. The van der Waals surface area contributed by atoms with Crippen LogP contribution in [0.3, 0.4) is 0 Å². The molecule has 1 aliphatic carbocycles. The Hall–Kier alpha value is -0.610. The van der Waals surface area contributed by atoms with E-state index in [1.165, 1.54) is 12.8 Å². The van der Waals surface area contributed by atoms with Crippen LogP contribution in [0, 0.1) is 0 Å². The number of nitrogens with one attached hydrogen (secondary N) is 1. The first-order valence-corrected chi connectivity index (χ1v) is 5.23. The highest BCUT2D eigenvalue weighted by Gasteiger charge is 2.19. The van der Waals surface area contributed by atoms with Crippen molar-refractivity contribution in [3.63, 3.8) is 0 Å². The molecule has 1 aliphatic rings.